The van der Waals surface area contributed by atoms with Gasteiger partial charge in [-0.1, -0.05) is 97.1 Å². The number of amides is 11. The molecule has 2 aliphatic heterocycles. The molecular weight excluding hydrogens is 1770 g/mol. The van der Waals surface area contributed by atoms with Gasteiger partial charge in [-0.05, 0) is 171 Å². The molecule has 119 heavy (non-hydrogen) atoms. The van der Waals surface area contributed by atoms with Crippen LogP contribution in [0.4, 0.5) is 0 Å². The molecule has 8 atom stereocenters. The number of rotatable bonds is 29. The van der Waals surface area contributed by atoms with Crippen LogP contribution < -0.4 is 75.7 Å². The maximum absolute atomic E-state index is 14.3. The third-order valence-electron chi connectivity index (χ3n) is 18.9. The number of phenols is 2. The zero-order valence-electron chi connectivity index (χ0n) is 66.1. The maximum atomic E-state index is 14.3. The average molecular weight is 1870 g/mol. The molecule has 0 saturated carbocycles. The largest absolute Gasteiger partial charge is 0.507 e. The fraction of sp³-hybridized carbons (Fsp3) is 0.400. The van der Waals surface area contributed by atoms with E-state index in [1.165, 1.54) is 50.1 Å². The van der Waals surface area contributed by atoms with E-state index in [2.05, 4.69) is 77.9 Å². The first kappa shape index (κ1) is 95.8. The summed E-state index contributed by atoms with van der Waals surface area (Å²) < 4.78 is 9.36. The summed E-state index contributed by atoms with van der Waals surface area (Å²) in [6, 6.07) is 27.1. The van der Waals surface area contributed by atoms with E-state index in [1.54, 1.807) is 24.3 Å². The van der Waals surface area contributed by atoms with Crippen LogP contribution >= 0.6 is 45.2 Å². The number of carbonyl (C=O) groups is 14. The van der Waals surface area contributed by atoms with Gasteiger partial charge in [0.05, 0.1) is 20.2 Å². The molecule has 0 unspecified atom stereocenters. The predicted molar refractivity (Wildman–Crippen MR) is 457 cm³/mol. The van der Waals surface area contributed by atoms with Gasteiger partial charge in [-0.15, -0.1) is 0 Å². The number of carboxylic acid groups (broad SMARTS) is 1. The molecule has 37 nitrogen and oxygen atoms in total. The molecule has 6 aromatic rings. The van der Waals surface area contributed by atoms with Gasteiger partial charge in [0, 0.05) is 73.5 Å². The van der Waals surface area contributed by atoms with Gasteiger partial charge in [-0.3, -0.25) is 72.3 Å². The smallest absolute Gasteiger partial charge is 0.341 e. The van der Waals surface area contributed by atoms with Crippen molar-refractivity contribution in [1.82, 2.24) is 68.3 Å². The van der Waals surface area contributed by atoms with E-state index in [4.69, 9.17) is 22.3 Å². The number of benzene rings is 6. The lowest BCUT2D eigenvalue weighted by Crippen LogP contribution is -2.58. The molecule has 0 radical (unpaired) electrons. The lowest BCUT2D eigenvalue weighted by molar-refractivity contribution is -0.147. The molecule has 2 saturated heterocycles. The number of phenolic OH excluding ortho intramolecular Hbond substituents is 2. The standard InChI is InChI=1S/C40H50IN9O9.C37H48IN9O6.C3H4O4/c1-43-40(42)45-16-5-9-29-37(56)49-30(19-24-11-13-26-7-3-4-8-27(26)17-24)36(55)46-21-34(53)47-31(20-25-12-14-33(52)28(41)18-25)39(58)50(2)32(38(57)48-29)10-6-15-44-35(54)22-59-23-51;1-41-37(40)42-16-6-9-27-34(51)46-28(19-22-11-13-24-7-3-4-8-25(24)17-22)33(50)43-21-32(49)44-29(20-23-12-14-31(48)26(38)18-23)36(53)47(2)30(10-5-15-39)35(52)45-27;4-2-7-1-3(5)6/h3-4,7-8,11-14,17-18,23,29-32,52H,5-6,9-10,15-16,19-22H2,1-2H3,(H,44,54)(H,46,55)(H,47,53)(H,48,57)(H,49,56)(H3,42,43,45);3-4,7-8,11-14,17-18,27-30,48H,5-6,9-10,15-16,19-21,39H2,1-2H3,(H,43,50)(H,44,49)(H,45,52)(H,46,51)(H3,40,41,42);2H,1H2,(H,5,6)/t29-,30-,31+,32+;27-,28-,29+,30+;/m00./s1. The molecule has 0 bridgehead atoms. The molecule has 0 aromatic heterocycles. The van der Waals surface area contributed by atoms with Crippen LogP contribution in [0.5, 0.6) is 11.5 Å². The van der Waals surface area contributed by atoms with Gasteiger partial charge in [-0.2, -0.15) is 0 Å². The molecule has 0 aliphatic carbocycles. The number of nitrogens with zero attached hydrogens (tertiary/aromatic N) is 4. The summed E-state index contributed by atoms with van der Waals surface area (Å²) in [7, 11) is 5.91. The number of carbonyl (C=O) groups excluding carboxylic acids is 13. The van der Waals surface area contributed by atoms with Gasteiger partial charge in [0.15, 0.2) is 25.1 Å². The highest BCUT2D eigenvalue weighted by molar-refractivity contribution is 14.1. The Balaban J connectivity index is 0.000000343. The number of likely N-dealkylation sites (N-methyl/N-ethyl adjacent to an activating group) is 2. The van der Waals surface area contributed by atoms with Crippen LogP contribution in [0.3, 0.4) is 0 Å². The maximum Gasteiger partial charge on any atom is 0.341 e. The highest BCUT2D eigenvalue weighted by atomic mass is 127. The first-order valence-corrected chi connectivity index (χ1v) is 40.1. The Morgan fingerprint density at radius 3 is 1.22 bits per heavy atom. The van der Waals surface area contributed by atoms with Crippen LogP contribution in [-0.2, 0) is 102 Å². The van der Waals surface area contributed by atoms with E-state index in [-0.39, 0.29) is 107 Å². The monoisotopic (exact) mass is 1870 g/mol. The van der Waals surface area contributed by atoms with E-state index in [1.807, 2.05) is 130 Å². The summed E-state index contributed by atoms with van der Waals surface area (Å²) >= 11 is 3.91. The Hall–Kier alpha value is -12.0. The molecule has 0 spiro atoms. The minimum atomic E-state index is -1.23. The molecule has 2 aliphatic rings. The Kier molecular flexibility index (Phi) is 40.2. The minimum absolute atomic E-state index is 0.00465. The first-order valence-electron chi connectivity index (χ1n) is 38.0. The number of aliphatic imine (C=N–C) groups is 2. The number of ether oxygens (including phenoxy) is 2. The molecule has 20 N–H and O–H groups in total. The van der Waals surface area contributed by atoms with Crippen molar-refractivity contribution in [3.63, 3.8) is 0 Å². The van der Waals surface area contributed by atoms with E-state index < -0.39 is 146 Å². The van der Waals surface area contributed by atoms with Crippen LogP contribution in [0.2, 0.25) is 0 Å². The van der Waals surface area contributed by atoms with Crippen LogP contribution in [0.1, 0.15) is 73.6 Å². The van der Waals surface area contributed by atoms with Crippen LogP contribution in [0.15, 0.2) is 131 Å². The molecular formula is C80H102I2N18O19. The zero-order valence-corrected chi connectivity index (χ0v) is 70.4. The quantitative estimate of drug-likeness (QED) is 0.00914. The highest BCUT2D eigenvalue weighted by Gasteiger charge is 2.38. The van der Waals surface area contributed by atoms with Gasteiger partial charge >= 0.3 is 5.97 Å². The first-order chi connectivity index (χ1) is 56.9. The van der Waals surface area contributed by atoms with E-state index in [0.29, 0.717) is 50.6 Å². The number of nitrogens with one attached hydrogen (secondary N) is 11. The molecule has 39 heteroatoms. The minimum Gasteiger partial charge on any atom is -0.507 e. The molecule has 2 fully saturated rings. The second-order valence-corrected chi connectivity index (χ2v) is 29.9. The number of hydrogen-bond donors (Lipinski definition) is 17. The number of guanidine groups is 2. The number of aromatic hydroxyl groups is 2. The normalized spacial score (nSPS) is 19.5. The van der Waals surface area contributed by atoms with Crippen molar-refractivity contribution >= 4 is 163 Å². The number of carboxylic acids is 1. The lowest BCUT2D eigenvalue weighted by atomic mass is 10.00. The predicted octanol–water partition coefficient (Wildman–Crippen LogP) is -0.626. The van der Waals surface area contributed by atoms with Crippen molar-refractivity contribution < 1.29 is 91.9 Å². The summed E-state index contributed by atoms with van der Waals surface area (Å²) in [5.41, 5.74) is 20.1. The van der Waals surface area contributed by atoms with E-state index in [9.17, 15) is 77.3 Å². The molecule has 640 valence electrons. The molecule has 2 heterocycles. The summed E-state index contributed by atoms with van der Waals surface area (Å²) in [6.07, 6.45) is 1.88. The van der Waals surface area contributed by atoms with Crippen molar-refractivity contribution in [2.75, 3.05) is 80.7 Å². The van der Waals surface area contributed by atoms with Crippen molar-refractivity contribution in [2.24, 2.45) is 27.2 Å². The van der Waals surface area contributed by atoms with E-state index >= 15 is 0 Å². The third-order valence-corrected chi connectivity index (χ3v) is 20.7. The number of hydrogen-bond acceptors (Lipinski definition) is 21. The van der Waals surface area contributed by atoms with Crippen LogP contribution in [0, 0.1) is 7.14 Å². The van der Waals surface area contributed by atoms with Crippen molar-refractivity contribution in [3.8, 4) is 11.5 Å². The molecule has 6 aromatic carbocycles. The van der Waals surface area contributed by atoms with Gasteiger partial charge in [0.25, 0.3) is 18.9 Å². The highest BCUT2D eigenvalue weighted by Crippen LogP contribution is 2.25. The second kappa shape index (κ2) is 49.9. The Bertz CT molecular complexity index is 4620. The van der Waals surface area contributed by atoms with Crippen LogP contribution in [0.25, 0.3) is 21.5 Å². The SMILES string of the molecule is CN=C(N)NCCC[C@@H]1NC(=O)[C@@H](CCCN)N(C)C(=O)[C@@H](Cc2ccc(O)c(I)c2)NC(=O)CNC(=O)[C@H](Cc2ccc3ccccc3c2)NC1=O.CN=C(N)NCCC[C@@H]1NC(=O)[C@@H](CCCNC(=O)COC=O)N(C)C(=O)[C@@H](Cc2ccc(O)c(I)c2)NC(=O)CNC(=O)[C@H](Cc2ccc3ccccc3c2)NC1=O.O=COCC(=O)O. The van der Waals surface area contributed by atoms with Crippen molar-refractivity contribution in [2.45, 2.75) is 125 Å². The fourth-order valence-corrected chi connectivity index (χ4v) is 13.8. The summed E-state index contributed by atoms with van der Waals surface area (Å²) in [4.78, 5) is 191. The number of nitrogens with two attached hydrogens (primary N) is 3. The van der Waals surface area contributed by atoms with E-state index in [0.717, 1.165) is 32.7 Å². The summed E-state index contributed by atoms with van der Waals surface area (Å²) in [5, 5.41) is 62.1. The van der Waals surface area contributed by atoms with Crippen LogP contribution in [-0.4, -0.2) is 250 Å². The number of fused-ring (bicyclic) bond motifs is 2. The Morgan fingerprint density at radius 1 is 0.471 bits per heavy atom. The molecule has 8 rings (SSSR count). The summed E-state index contributed by atoms with van der Waals surface area (Å²) in [6.45, 7) is -0.878. The van der Waals surface area contributed by atoms with Gasteiger partial charge in [0.1, 0.15) is 59.8 Å². The topological polar surface area (TPSA) is 560 Å². The van der Waals surface area contributed by atoms with Crippen molar-refractivity contribution in [3.05, 3.63) is 151 Å². The lowest BCUT2D eigenvalue weighted by Gasteiger charge is -2.32. The Labute approximate surface area is 713 Å². The zero-order chi connectivity index (χ0) is 87.1. The van der Waals surface area contributed by atoms with Gasteiger partial charge < -0.3 is 110 Å². The second-order valence-electron chi connectivity index (χ2n) is 27.6. The molecule has 11 amide bonds. The number of aliphatic carboxylic acids is 1. The van der Waals surface area contributed by atoms with Crippen molar-refractivity contribution in [1.29, 1.82) is 0 Å². The number of halogens is 2. The van der Waals surface area contributed by atoms with Gasteiger partial charge in [-0.25, -0.2) is 4.79 Å². The van der Waals surface area contributed by atoms with Gasteiger partial charge in [0.2, 0.25) is 59.1 Å². The third kappa shape index (κ3) is 32.1. The average Bonchev–Trinajstić information content (AvgIpc) is 1.52. The summed E-state index contributed by atoms with van der Waals surface area (Å²) in [5.74, 6) is -7.65. The fourth-order valence-electron chi connectivity index (χ4n) is 12.6. The Morgan fingerprint density at radius 2 is 0.832 bits per heavy atom.